The lowest BCUT2D eigenvalue weighted by Gasteiger charge is -2.19. The molecule has 0 amide bonds. The summed E-state index contributed by atoms with van der Waals surface area (Å²) >= 11 is 0. The Morgan fingerprint density at radius 1 is 1.50 bits per heavy atom. The summed E-state index contributed by atoms with van der Waals surface area (Å²) in [6.45, 7) is 8.74. The number of aryl methyl sites for hydroxylation is 1. The van der Waals surface area contributed by atoms with Gasteiger partial charge < -0.3 is 14.2 Å². The van der Waals surface area contributed by atoms with Gasteiger partial charge in [0.2, 0.25) is 0 Å². The first-order chi connectivity index (χ1) is 10.3. The molecule has 1 saturated heterocycles. The van der Waals surface area contributed by atoms with Crippen molar-refractivity contribution < 1.29 is 19.0 Å². The normalized spacial score (nSPS) is 20.2. The van der Waals surface area contributed by atoms with Crippen molar-refractivity contribution >= 4 is 17.9 Å². The van der Waals surface area contributed by atoms with Gasteiger partial charge in [-0.2, -0.15) is 9.78 Å². The van der Waals surface area contributed by atoms with Gasteiger partial charge in [0.25, 0.3) is 0 Å². The van der Waals surface area contributed by atoms with Crippen molar-refractivity contribution in [2.24, 2.45) is 0 Å². The van der Waals surface area contributed by atoms with Crippen LogP contribution < -0.4 is 10.6 Å². The van der Waals surface area contributed by atoms with E-state index in [4.69, 9.17) is 14.2 Å². The zero-order valence-corrected chi connectivity index (χ0v) is 13.5. The maximum absolute atomic E-state index is 12.3. The van der Waals surface area contributed by atoms with E-state index in [2.05, 4.69) is 5.10 Å². The van der Waals surface area contributed by atoms with E-state index >= 15 is 0 Å². The van der Waals surface area contributed by atoms with Crippen molar-refractivity contribution in [3.8, 4) is 0 Å². The number of nitrogens with zero attached hydrogens (tertiary/aromatic N) is 2. The highest BCUT2D eigenvalue weighted by Crippen LogP contribution is 2.16. The molecule has 0 radical (unpaired) electrons. The van der Waals surface area contributed by atoms with E-state index in [1.807, 2.05) is 33.8 Å². The highest BCUT2D eigenvalue weighted by Gasteiger charge is 2.25. The molecule has 120 valence electrons. The summed E-state index contributed by atoms with van der Waals surface area (Å²) < 4.78 is 17.8. The van der Waals surface area contributed by atoms with Crippen molar-refractivity contribution in [1.82, 2.24) is 9.78 Å². The Kier molecular flexibility index (Phi) is 3.72. The standard InChI is InChI=1S/C16H22N2O4/c1-10-14-12(18(17-10)15(19)22-16(2,3)4)6-5-7-13(14)21-9-11-8-20-11/h6,11H,5,7-9H2,1-4H3/t11-/m0/s1. The number of hydrogen-bond acceptors (Lipinski definition) is 5. The molecule has 22 heavy (non-hydrogen) atoms. The van der Waals surface area contributed by atoms with Crippen LogP contribution in [0.3, 0.4) is 0 Å². The third kappa shape index (κ3) is 3.16. The predicted molar refractivity (Wildman–Crippen MR) is 80.6 cm³/mol. The second-order valence-corrected chi connectivity index (χ2v) is 6.67. The fourth-order valence-corrected chi connectivity index (χ4v) is 2.49. The summed E-state index contributed by atoms with van der Waals surface area (Å²) in [6, 6.07) is 0. The maximum Gasteiger partial charge on any atom is 0.435 e. The highest BCUT2D eigenvalue weighted by atomic mass is 16.6. The third-order valence-electron chi connectivity index (χ3n) is 3.50. The van der Waals surface area contributed by atoms with Gasteiger partial charge in [-0.1, -0.05) is 6.08 Å². The van der Waals surface area contributed by atoms with E-state index in [-0.39, 0.29) is 6.10 Å². The Bertz CT molecular complexity index is 708. The molecule has 6 nitrogen and oxygen atoms in total. The van der Waals surface area contributed by atoms with Crippen molar-refractivity contribution in [3.05, 3.63) is 16.3 Å². The molecular formula is C16H22N2O4. The minimum Gasteiger partial charge on any atom is -0.494 e. The fourth-order valence-electron chi connectivity index (χ4n) is 2.49. The van der Waals surface area contributed by atoms with Gasteiger partial charge in [0.15, 0.2) is 0 Å². The smallest absolute Gasteiger partial charge is 0.435 e. The van der Waals surface area contributed by atoms with Gasteiger partial charge in [-0.15, -0.1) is 0 Å². The van der Waals surface area contributed by atoms with Crippen LogP contribution in [-0.4, -0.2) is 40.8 Å². The molecule has 0 unspecified atom stereocenters. The molecule has 1 aromatic heterocycles. The van der Waals surface area contributed by atoms with Gasteiger partial charge in [-0.3, -0.25) is 0 Å². The second-order valence-electron chi connectivity index (χ2n) is 6.67. The number of fused-ring (bicyclic) bond motifs is 1. The summed E-state index contributed by atoms with van der Waals surface area (Å²) in [4.78, 5) is 12.3. The molecule has 6 heteroatoms. The fraction of sp³-hybridized carbons (Fsp3) is 0.625. The van der Waals surface area contributed by atoms with Crippen LogP contribution in [0.2, 0.25) is 0 Å². The first kappa shape index (κ1) is 15.1. The molecule has 1 aromatic rings. The summed E-state index contributed by atoms with van der Waals surface area (Å²) in [5, 5.41) is 6.03. The molecule has 1 aliphatic heterocycles. The number of ether oxygens (including phenoxy) is 3. The van der Waals surface area contributed by atoms with Gasteiger partial charge in [0.1, 0.15) is 24.1 Å². The number of aromatic nitrogens is 2. The van der Waals surface area contributed by atoms with Gasteiger partial charge >= 0.3 is 6.09 Å². The molecule has 1 fully saturated rings. The summed E-state index contributed by atoms with van der Waals surface area (Å²) in [6.07, 6.45) is 3.41. The second kappa shape index (κ2) is 5.43. The summed E-state index contributed by atoms with van der Waals surface area (Å²) in [5.41, 5.74) is 0.230. The van der Waals surface area contributed by atoms with E-state index in [0.29, 0.717) is 6.61 Å². The van der Waals surface area contributed by atoms with Crippen molar-refractivity contribution in [2.45, 2.75) is 52.2 Å². The minimum atomic E-state index is -0.551. The lowest BCUT2D eigenvalue weighted by atomic mass is 10.1. The number of hydrogen-bond donors (Lipinski definition) is 0. The Hall–Kier alpha value is -1.82. The molecular weight excluding hydrogens is 284 g/mol. The van der Waals surface area contributed by atoms with Crippen LogP contribution in [-0.2, 0) is 14.2 Å². The molecule has 1 aliphatic carbocycles. The number of carbonyl (C=O) groups excluding carboxylic acids is 1. The maximum atomic E-state index is 12.3. The van der Waals surface area contributed by atoms with Crippen LogP contribution in [0.5, 0.6) is 0 Å². The lowest BCUT2D eigenvalue weighted by molar-refractivity contribution is 0.0508. The molecule has 0 spiro atoms. The van der Waals surface area contributed by atoms with E-state index in [1.165, 1.54) is 4.68 Å². The van der Waals surface area contributed by atoms with E-state index < -0.39 is 11.7 Å². The molecule has 2 heterocycles. The van der Waals surface area contributed by atoms with Gasteiger partial charge in [0.05, 0.1) is 22.9 Å². The Labute approximate surface area is 129 Å². The molecule has 2 aliphatic rings. The number of rotatable bonds is 3. The molecule has 0 saturated carbocycles. The Balaban J connectivity index is 1.96. The van der Waals surface area contributed by atoms with Gasteiger partial charge in [-0.05, 0) is 34.1 Å². The monoisotopic (exact) mass is 306 g/mol. The van der Waals surface area contributed by atoms with Crippen LogP contribution in [0, 0.1) is 6.92 Å². The zero-order chi connectivity index (χ0) is 15.9. The van der Waals surface area contributed by atoms with Gasteiger partial charge in [0, 0.05) is 6.42 Å². The summed E-state index contributed by atoms with van der Waals surface area (Å²) in [5.74, 6) is 0.889. The Morgan fingerprint density at radius 3 is 2.86 bits per heavy atom. The Morgan fingerprint density at radius 2 is 2.23 bits per heavy atom. The quantitative estimate of drug-likeness (QED) is 0.782. The molecule has 0 bridgehead atoms. The average Bonchev–Trinajstić information content (AvgIpc) is 3.18. The minimum absolute atomic E-state index is 0.211. The number of epoxide rings is 1. The van der Waals surface area contributed by atoms with E-state index in [1.54, 1.807) is 0 Å². The zero-order valence-electron chi connectivity index (χ0n) is 13.5. The molecule has 0 aromatic carbocycles. The SMILES string of the molecule is Cc1nn(C(=O)OC(C)(C)C)c2c1=C(OC[C@@H]1CO1)CCC=2. The van der Waals surface area contributed by atoms with Crippen LogP contribution in [0.1, 0.15) is 39.3 Å². The lowest BCUT2D eigenvalue weighted by Crippen LogP contribution is -2.40. The average molecular weight is 306 g/mol. The van der Waals surface area contributed by atoms with Crippen LogP contribution in [0.15, 0.2) is 0 Å². The highest BCUT2D eigenvalue weighted by molar-refractivity contribution is 5.70. The van der Waals surface area contributed by atoms with E-state index in [0.717, 1.165) is 41.5 Å². The van der Waals surface area contributed by atoms with Crippen LogP contribution in [0.25, 0.3) is 11.8 Å². The number of carbonyl (C=O) groups is 1. The van der Waals surface area contributed by atoms with Gasteiger partial charge in [-0.25, -0.2) is 4.79 Å². The molecule has 3 rings (SSSR count). The predicted octanol–water partition coefficient (Wildman–Crippen LogP) is 1.07. The molecule has 1 atom stereocenters. The largest absolute Gasteiger partial charge is 0.494 e. The summed E-state index contributed by atoms with van der Waals surface area (Å²) in [7, 11) is 0. The van der Waals surface area contributed by atoms with Crippen LogP contribution >= 0.6 is 0 Å². The van der Waals surface area contributed by atoms with Crippen molar-refractivity contribution in [1.29, 1.82) is 0 Å². The third-order valence-corrected chi connectivity index (χ3v) is 3.50. The van der Waals surface area contributed by atoms with Crippen molar-refractivity contribution in [3.63, 3.8) is 0 Å². The van der Waals surface area contributed by atoms with Crippen molar-refractivity contribution in [2.75, 3.05) is 13.2 Å². The van der Waals surface area contributed by atoms with Crippen LogP contribution in [0.4, 0.5) is 4.79 Å². The topological polar surface area (TPSA) is 65.9 Å². The first-order valence-electron chi connectivity index (χ1n) is 7.62. The first-order valence-corrected chi connectivity index (χ1v) is 7.62. The molecule has 0 N–H and O–H groups in total. The van der Waals surface area contributed by atoms with E-state index in [9.17, 15) is 4.79 Å².